The zero-order valence-electron chi connectivity index (χ0n) is 24.8. The fourth-order valence-electron chi connectivity index (χ4n) is 5.84. The highest BCUT2D eigenvalue weighted by Gasteiger charge is 2.18. The van der Waals surface area contributed by atoms with Crippen LogP contribution in [0.2, 0.25) is 0 Å². The summed E-state index contributed by atoms with van der Waals surface area (Å²) in [6, 6.07) is 10.8. The molecule has 1 aliphatic rings. The van der Waals surface area contributed by atoms with Gasteiger partial charge >= 0.3 is 0 Å². The molecule has 1 saturated carbocycles. The fourth-order valence-corrected chi connectivity index (χ4v) is 5.84. The van der Waals surface area contributed by atoms with Crippen molar-refractivity contribution < 1.29 is 13.9 Å². The van der Waals surface area contributed by atoms with Crippen LogP contribution in [-0.2, 0) is 0 Å². The lowest BCUT2D eigenvalue weighted by Crippen LogP contribution is -2.19. The summed E-state index contributed by atoms with van der Waals surface area (Å²) in [5.41, 5.74) is 6.34. The van der Waals surface area contributed by atoms with Gasteiger partial charge in [-0.1, -0.05) is 6.42 Å². The first-order chi connectivity index (χ1) is 21.5. The lowest BCUT2D eigenvalue weighted by Gasteiger charge is -2.22. The van der Waals surface area contributed by atoms with Crippen molar-refractivity contribution in [2.24, 2.45) is 0 Å². The first kappa shape index (κ1) is 28.0. The molecule has 5 heterocycles. The summed E-state index contributed by atoms with van der Waals surface area (Å²) in [6.45, 7) is 1.19. The van der Waals surface area contributed by atoms with Gasteiger partial charge < -0.3 is 19.4 Å². The van der Waals surface area contributed by atoms with Crippen molar-refractivity contribution >= 4 is 21.8 Å². The van der Waals surface area contributed by atoms with E-state index in [0.29, 0.717) is 17.9 Å². The lowest BCUT2D eigenvalue weighted by atomic mass is 9.98. The molecule has 7 rings (SSSR count). The van der Waals surface area contributed by atoms with E-state index >= 15 is 0 Å². The van der Waals surface area contributed by atoms with Crippen LogP contribution in [-0.4, -0.2) is 68.4 Å². The number of hydrogen-bond donors (Lipinski definition) is 2. The minimum Gasteiger partial charge on any atom is -0.492 e. The number of benzene rings is 1. The van der Waals surface area contributed by atoms with E-state index in [0.717, 1.165) is 75.2 Å². The third-order valence-corrected chi connectivity index (χ3v) is 8.10. The molecule has 0 bridgehead atoms. The monoisotopic (exact) mass is 591 g/mol. The summed E-state index contributed by atoms with van der Waals surface area (Å²) in [5.74, 6) is 0.884. The number of nitrogens with one attached hydrogen (secondary N) is 2. The number of fused-ring (bicyclic) bond motifs is 2. The molecule has 0 atom stereocenters. The van der Waals surface area contributed by atoms with Crippen LogP contribution in [0.5, 0.6) is 11.5 Å². The maximum atomic E-state index is 14.7. The van der Waals surface area contributed by atoms with Gasteiger partial charge in [0.15, 0.2) is 0 Å². The van der Waals surface area contributed by atoms with Crippen LogP contribution in [0.4, 0.5) is 4.39 Å². The number of likely N-dealkylation sites (N-methyl/N-ethyl adjacent to an activating group) is 1. The van der Waals surface area contributed by atoms with Crippen molar-refractivity contribution in [2.45, 2.75) is 38.2 Å². The fraction of sp³-hybridized carbons (Fsp3) is 0.294. The second kappa shape index (κ2) is 12.0. The van der Waals surface area contributed by atoms with Crippen LogP contribution in [0, 0.1) is 5.82 Å². The number of ether oxygens (including phenoxy) is 2. The van der Waals surface area contributed by atoms with E-state index in [-0.39, 0.29) is 11.9 Å². The first-order valence-electron chi connectivity index (χ1n) is 15.0. The van der Waals surface area contributed by atoms with Gasteiger partial charge in [-0.25, -0.2) is 4.39 Å². The summed E-state index contributed by atoms with van der Waals surface area (Å²) >= 11 is 0. The first-order valence-corrected chi connectivity index (χ1v) is 15.0. The summed E-state index contributed by atoms with van der Waals surface area (Å²) in [5, 5.41) is 9.55. The molecular weight excluding hydrogens is 557 g/mol. The molecule has 6 aromatic rings. The van der Waals surface area contributed by atoms with Crippen molar-refractivity contribution in [1.29, 1.82) is 0 Å². The summed E-state index contributed by atoms with van der Waals surface area (Å²) in [7, 11) is 3.94. The van der Waals surface area contributed by atoms with E-state index in [1.807, 2.05) is 43.3 Å². The van der Waals surface area contributed by atoms with Gasteiger partial charge in [0.05, 0.1) is 47.1 Å². The SMILES string of the molecule is CN(C)CCOc1cc(F)cc(-c2cncc3[nH]c(-c4n[nH]c5cnc(-c6cncc(OC7CCCCC7)c6)cc45)cc23)c1. The minimum atomic E-state index is -0.365. The van der Waals surface area contributed by atoms with E-state index in [1.54, 1.807) is 31.0 Å². The molecule has 0 unspecified atom stereocenters. The number of aromatic nitrogens is 6. The van der Waals surface area contributed by atoms with E-state index in [9.17, 15) is 4.39 Å². The Morgan fingerprint density at radius 1 is 0.841 bits per heavy atom. The van der Waals surface area contributed by atoms with E-state index in [1.165, 1.54) is 31.4 Å². The zero-order chi connectivity index (χ0) is 30.0. The molecule has 1 aromatic carbocycles. The quantitative estimate of drug-likeness (QED) is 0.186. The number of rotatable bonds is 9. The molecule has 2 N–H and O–H groups in total. The van der Waals surface area contributed by atoms with Crippen LogP contribution in [0.15, 0.2) is 67.4 Å². The molecule has 5 aromatic heterocycles. The molecule has 0 amide bonds. The highest BCUT2D eigenvalue weighted by atomic mass is 19.1. The van der Waals surface area contributed by atoms with Crippen molar-refractivity contribution in [1.82, 2.24) is 35.0 Å². The van der Waals surface area contributed by atoms with Gasteiger partial charge in [-0.05, 0) is 75.7 Å². The van der Waals surface area contributed by atoms with Gasteiger partial charge in [-0.3, -0.25) is 20.1 Å². The van der Waals surface area contributed by atoms with Gasteiger partial charge in [0.1, 0.15) is 29.6 Å². The van der Waals surface area contributed by atoms with Crippen LogP contribution < -0.4 is 9.47 Å². The number of pyridine rings is 3. The van der Waals surface area contributed by atoms with Crippen molar-refractivity contribution in [3.63, 3.8) is 0 Å². The highest BCUT2D eigenvalue weighted by Crippen LogP contribution is 2.36. The largest absolute Gasteiger partial charge is 0.492 e. The Hall–Kier alpha value is -4.83. The van der Waals surface area contributed by atoms with E-state index in [4.69, 9.17) is 9.47 Å². The van der Waals surface area contributed by atoms with E-state index in [2.05, 4.69) is 30.1 Å². The average Bonchev–Trinajstić information content (AvgIpc) is 3.65. The molecule has 0 spiro atoms. The number of halogens is 1. The molecule has 0 radical (unpaired) electrons. The Kier molecular flexibility index (Phi) is 7.66. The van der Waals surface area contributed by atoms with E-state index < -0.39 is 0 Å². The number of nitrogens with zero attached hydrogens (tertiary/aromatic N) is 5. The Balaban J connectivity index is 1.21. The van der Waals surface area contributed by atoms with Gasteiger partial charge in [0.2, 0.25) is 0 Å². The summed E-state index contributed by atoms with van der Waals surface area (Å²) < 4.78 is 26.8. The standard InChI is InChI=1S/C34H34FN7O2/c1-42(2)8-9-43-25-11-21(10-23(35)13-25)29-18-37-19-32-27(29)14-31(39-32)34-28-15-30(38-20-33(28)40-41-34)22-12-26(17-36-16-22)44-24-6-4-3-5-7-24/h10-20,24,39H,3-9H2,1-2H3,(H,40,41). The van der Waals surface area contributed by atoms with Crippen LogP contribution in [0.3, 0.4) is 0 Å². The van der Waals surface area contributed by atoms with Crippen LogP contribution in [0.25, 0.3) is 55.6 Å². The topological polar surface area (TPSA) is 105 Å². The number of hydrogen-bond acceptors (Lipinski definition) is 7. The maximum Gasteiger partial charge on any atom is 0.138 e. The normalized spacial score (nSPS) is 14.1. The predicted octanol–water partition coefficient (Wildman–Crippen LogP) is 7.02. The molecule has 0 saturated heterocycles. The maximum absolute atomic E-state index is 14.7. The van der Waals surface area contributed by atoms with Gasteiger partial charge in [-0.2, -0.15) is 5.10 Å². The van der Waals surface area contributed by atoms with Gasteiger partial charge in [-0.15, -0.1) is 0 Å². The number of aromatic amines is 2. The third kappa shape index (κ3) is 5.85. The molecule has 1 aliphatic carbocycles. The Morgan fingerprint density at radius 2 is 1.68 bits per heavy atom. The summed E-state index contributed by atoms with van der Waals surface area (Å²) in [6.07, 6.45) is 15.0. The average molecular weight is 592 g/mol. The third-order valence-electron chi connectivity index (χ3n) is 8.10. The zero-order valence-corrected chi connectivity index (χ0v) is 24.8. The van der Waals surface area contributed by atoms with Crippen LogP contribution in [0.1, 0.15) is 32.1 Å². The smallest absolute Gasteiger partial charge is 0.138 e. The van der Waals surface area contributed by atoms with Crippen molar-refractivity contribution in [3.8, 4) is 45.3 Å². The molecule has 224 valence electrons. The van der Waals surface area contributed by atoms with Crippen molar-refractivity contribution in [3.05, 3.63) is 73.2 Å². The second-order valence-corrected chi connectivity index (χ2v) is 11.6. The molecular formula is C34H34FN7O2. The molecule has 1 fully saturated rings. The molecule has 9 nitrogen and oxygen atoms in total. The molecule has 0 aliphatic heterocycles. The molecule has 10 heteroatoms. The van der Waals surface area contributed by atoms with Crippen LogP contribution >= 0.6 is 0 Å². The van der Waals surface area contributed by atoms with Gasteiger partial charge in [0.25, 0.3) is 0 Å². The Morgan fingerprint density at radius 3 is 2.55 bits per heavy atom. The molecule has 44 heavy (non-hydrogen) atoms. The Bertz CT molecular complexity index is 1930. The van der Waals surface area contributed by atoms with Gasteiger partial charge in [0, 0.05) is 46.9 Å². The van der Waals surface area contributed by atoms with Crippen molar-refractivity contribution in [2.75, 3.05) is 27.2 Å². The second-order valence-electron chi connectivity index (χ2n) is 11.6. The number of H-pyrrole nitrogens is 2. The summed E-state index contributed by atoms with van der Waals surface area (Å²) in [4.78, 5) is 19.0. The Labute approximate surface area is 254 Å². The highest BCUT2D eigenvalue weighted by molar-refractivity contribution is 6.01. The lowest BCUT2D eigenvalue weighted by molar-refractivity contribution is 0.154. The predicted molar refractivity (Wildman–Crippen MR) is 169 cm³/mol. The minimum absolute atomic E-state index is 0.243.